The molecule has 132 valence electrons. The van der Waals surface area contributed by atoms with Crippen molar-refractivity contribution >= 4 is 11.9 Å². The maximum absolute atomic E-state index is 12.1. The van der Waals surface area contributed by atoms with E-state index in [2.05, 4.69) is 53.7 Å². The van der Waals surface area contributed by atoms with Gasteiger partial charge in [-0.2, -0.15) is 0 Å². The van der Waals surface area contributed by atoms with Crippen LogP contribution in [0.4, 0.5) is 0 Å². The largest absolute Gasteiger partial charge is 0.357 e. The number of benzene rings is 1. The molecule has 1 fully saturated rings. The Morgan fingerprint density at radius 1 is 1.17 bits per heavy atom. The first-order valence-corrected chi connectivity index (χ1v) is 8.88. The standard InChI is InChI=1S/C19H30N4O/c1-4-20-18(21-14-17(24)23-12-8-9-13-23)22-15-19(2,3)16-10-6-5-7-11-16/h5-7,10-11H,4,8-9,12-15H2,1-3H3,(H2,20,21,22). The van der Waals surface area contributed by atoms with Crippen LogP contribution in [0.1, 0.15) is 39.2 Å². The molecule has 1 aliphatic rings. The van der Waals surface area contributed by atoms with E-state index in [1.165, 1.54) is 5.56 Å². The second kappa shape index (κ2) is 8.71. The summed E-state index contributed by atoms with van der Waals surface area (Å²) in [6, 6.07) is 10.4. The van der Waals surface area contributed by atoms with Crippen LogP contribution < -0.4 is 10.6 Å². The average molecular weight is 330 g/mol. The summed E-state index contributed by atoms with van der Waals surface area (Å²) >= 11 is 0. The number of rotatable bonds is 6. The molecule has 0 aliphatic carbocycles. The van der Waals surface area contributed by atoms with Crippen LogP contribution in [0.25, 0.3) is 0 Å². The van der Waals surface area contributed by atoms with E-state index in [1.54, 1.807) is 0 Å². The van der Waals surface area contributed by atoms with Crippen molar-refractivity contribution in [3.63, 3.8) is 0 Å². The fourth-order valence-electron chi connectivity index (χ4n) is 2.85. The second-order valence-electron chi connectivity index (χ2n) is 6.89. The Morgan fingerprint density at radius 3 is 2.46 bits per heavy atom. The third kappa shape index (κ3) is 5.25. The SMILES string of the molecule is CCNC(=NCC(=O)N1CCCC1)NCC(C)(C)c1ccccc1. The predicted octanol–water partition coefficient (Wildman–Crippen LogP) is 2.14. The van der Waals surface area contributed by atoms with Crippen LogP contribution in [0.15, 0.2) is 35.3 Å². The average Bonchev–Trinajstić information content (AvgIpc) is 3.12. The lowest BCUT2D eigenvalue weighted by atomic mass is 9.85. The molecule has 0 radical (unpaired) electrons. The van der Waals surface area contributed by atoms with E-state index in [0.29, 0.717) is 5.96 Å². The molecule has 1 heterocycles. The highest BCUT2D eigenvalue weighted by Gasteiger charge is 2.21. The summed E-state index contributed by atoms with van der Waals surface area (Å²) in [5, 5.41) is 6.59. The Kier molecular flexibility index (Phi) is 6.64. The summed E-state index contributed by atoms with van der Waals surface area (Å²) < 4.78 is 0. The number of guanidine groups is 1. The Hall–Kier alpha value is -2.04. The van der Waals surface area contributed by atoms with Crippen molar-refractivity contribution in [2.75, 3.05) is 32.7 Å². The first kappa shape index (κ1) is 18.3. The molecular weight excluding hydrogens is 300 g/mol. The minimum atomic E-state index is -0.0174. The van der Waals surface area contributed by atoms with E-state index >= 15 is 0 Å². The third-order valence-corrected chi connectivity index (χ3v) is 4.43. The fourth-order valence-corrected chi connectivity index (χ4v) is 2.85. The Morgan fingerprint density at radius 2 is 1.83 bits per heavy atom. The first-order chi connectivity index (χ1) is 11.5. The van der Waals surface area contributed by atoms with Crippen molar-refractivity contribution < 1.29 is 4.79 Å². The zero-order valence-electron chi connectivity index (χ0n) is 15.1. The molecule has 0 atom stereocenters. The molecule has 2 N–H and O–H groups in total. The van der Waals surface area contributed by atoms with Gasteiger partial charge in [-0.25, -0.2) is 4.99 Å². The molecular formula is C19H30N4O. The molecule has 0 spiro atoms. The molecule has 0 bridgehead atoms. The molecule has 1 amide bonds. The van der Waals surface area contributed by atoms with Gasteiger partial charge in [0.15, 0.2) is 5.96 Å². The van der Waals surface area contributed by atoms with Crippen LogP contribution >= 0.6 is 0 Å². The fraction of sp³-hybridized carbons (Fsp3) is 0.579. The van der Waals surface area contributed by atoms with Crippen LogP contribution in [-0.4, -0.2) is 49.5 Å². The van der Waals surface area contributed by atoms with Crippen LogP contribution in [0.2, 0.25) is 0 Å². The van der Waals surface area contributed by atoms with E-state index in [4.69, 9.17) is 0 Å². The Labute approximate surface area is 145 Å². The molecule has 1 aromatic carbocycles. The zero-order valence-corrected chi connectivity index (χ0v) is 15.1. The molecule has 1 saturated heterocycles. The van der Waals surface area contributed by atoms with Gasteiger partial charge >= 0.3 is 0 Å². The summed E-state index contributed by atoms with van der Waals surface area (Å²) in [6.45, 7) is 9.92. The minimum Gasteiger partial charge on any atom is -0.357 e. The molecule has 1 aliphatic heterocycles. The Bertz CT molecular complexity index is 548. The highest BCUT2D eigenvalue weighted by atomic mass is 16.2. The van der Waals surface area contributed by atoms with Crippen molar-refractivity contribution in [2.24, 2.45) is 4.99 Å². The molecule has 24 heavy (non-hydrogen) atoms. The molecule has 5 heteroatoms. The molecule has 2 rings (SSSR count). The van der Waals surface area contributed by atoms with Gasteiger partial charge in [0.2, 0.25) is 5.91 Å². The van der Waals surface area contributed by atoms with Gasteiger partial charge < -0.3 is 15.5 Å². The summed E-state index contributed by atoms with van der Waals surface area (Å²) in [5.74, 6) is 0.820. The van der Waals surface area contributed by atoms with E-state index in [0.717, 1.165) is 39.0 Å². The van der Waals surface area contributed by atoms with Crippen molar-refractivity contribution in [1.29, 1.82) is 0 Å². The zero-order chi connectivity index (χ0) is 17.4. The quantitative estimate of drug-likeness (QED) is 0.621. The van der Waals surface area contributed by atoms with Crippen molar-refractivity contribution in [3.8, 4) is 0 Å². The number of likely N-dealkylation sites (tertiary alicyclic amines) is 1. The van der Waals surface area contributed by atoms with E-state index < -0.39 is 0 Å². The van der Waals surface area contributed by atoms with Crippen molar-refractivity contribution in [2.45, 2.75) is 39.0 Å². The summed E-state index contributed by atoms with van der Waals surface area (Å²) in [4.78, 5) is 18.5. The topological polar surface area (TPSA) is 56.7 Å². The van der Waals surface area contributed by atoms with Crippen LogP contribution in [-0.2, 0) is 10.2 Å². The lowest BCUT2D eigenvalue weighted by molar-refractivity contribution is -0.128. The summed E-state index contributed by atoms with van der Waals surface area (Å²) in [7, 11) is 0. The van der Waals surface area contributed by atoms with Gasteiger partial charge in [0, 0.05) is 31.6 Å². The number of aliphatic imine (C=N–C) groups is 1. The lowest BCUT2D eigenvalue weighted by Gasteiger charge is -2.26. The minimum absolute atomic E-state index is 0.0174. The molecule has 5 nitrogen and oxygen atoms in total. The number of hydrogen-bond acceptors (Lipinski definition) is 2. The van der Waals surface area contributed by atoms with Gasteiger partial charge in [0.25, 0.3) is 0 Å². The van der Waals surface area contributed by atoms with Gasteiger partial charge in [0.05, 0.1) is 0 Å². The van der Waals surface area contributed by atoms with Gasteiger partial charge in [-0.05, 0) is 25.3 Å². The highest BCUT2D eigenvalue weighted by molar-refractivity contribution is 5.85. The highest BCUT2D eigenvalue weighted by Crippen LogP contribution is 2.21. The monoisotopic (exact) mass is 330 g/mol. The predicted molar refractivity (Wildman–Crippen MR) is 99.3 cm³/mol. The molecule has 0 saturated carbocycles. The van der Waals surface area contributed by atoms with E-state index in [-0.39, 0.29) is 17.9 Å². The van der Waals surface area contributed by atoms with Crippen LogP contribution in [0.5, 0.6) is 0 Å². The van der Waals surface area contributed by atoms with Crippen molar-refractivity contribution in [3.05, 3.63) is 35.9 Å². The smallest absolute Gasteiger partial charge is 0.244 e. The number of nitrogens with zero attached hydrogens (tertiary/aromatic N) is 2. The second-order valence-corrected chi connectivity index (χ2v) is 6.89. The number of nitrogens with one attached hydrogen (secondary N) is 2. The Balaban J connectivity index is 1.92. The normalized spacial score (nSPS) is 15.5. The number of amides is 1. The van der Waals surface area contributed by atoms with Crippen LogP contribution in [0, 0.1) is 0 Å². The maximum atomic E-state index is 12.1. The lowest BCUT2D eigenvalue weighted by Crippen LogP contribution is -2.44. The van der Waals surface area contributed by atoms with E-state index in [1.807, 2.05) is 17.9 Å². The van der Waals surface area contributed by atoms with E-state index in [9.17, 15) is 4.79 Å². The third-order valence-electron chi connectivity index (χ3n) is 4.43. The van der Waals surface area contributed by atoms with Gasteiger partial charge in [-0.1, -0.05) is 44.2 Å². The van der Waals surface area contributed by atoms with Gasteiger partial charge in [-0.15, -0.1) is 0 Å². The number of carbonyl (C=O) groups excluding carboxylic acids is 1. The van der Waals surface area contributed by atoms with Gasteiger partial charge in [-0.3, -0.25) is 4.79 Å². The van der Waals surface area contributed by atoms with Crippen LogP contribution in [0.3, 0.4) is 0 Å². The van der Waals surface area contributed by atoms with Gasteiger partial charge in [0.1, 0.15) is 6.54 Å². The van der Waals surface area contributed by atoms with Crippen molar-refractivity contribution in [1.82, 2.24) is 15.5 Å². The molecule has 0 aromatic heterocycles. The number of hydrogen-bond donors (Lipinski definition) is 2. The summed E-state index contributed by atoms with van der Waals surface area (Å²) in [6.07, 6.45) is 2.22. The summed E-state index contributed by atoms with van der Waals surface area (Å²) in [5.41, 5.74) is 1.26. The maximum Gasteiger partial charge on any atom is 0.244 e. The molecule has 0 unspecified atom stereocenters. The number of carbonyl (C=O) groups is 1. The first-order valence-electron chi connectivity index (χ1n) is 8.88. The molecule has 1 aromatic rings.